The van der Waals surface area contributed by atoms with Gasteiger partial charge in [-0.2, -0.15) is 0 Å². The summed E-state index contributed by atoms with van der Waals surface area (Å²) in [7, 11) is 4.30. The fourth-order valence-electron chi connectivity index (χ4n) is 0.992. The van der Waals surface area contributed by atoms with Crippen molar-refractivity contribution in [3.05, 3.63) is 0 Å². The molecule has 0 aliphatic heterocycles. The lowest BCUT2D eigenvalue weighted by atomic mass is 10.3. The summed E-state index contributed by atoms with van der Waals surface area (Å²) < 4.78 is 4.61. The van der Waals surface area contributed by atoms with Crippen LogP contribution in [0.2, 0.25) is 0 Å². The lowest BCUT2D eigenvalue weighted by molar-refractivity contribution is -0.528. The predicted octanol–water partition coefficient (Wildman–Crippen LogP) is 2.65. The van der Waals surface area contributed by atoms with E-state index in [1.807, 2.05) is 13.8 Å². The molecule has 0 aromatic rings. The van der Waals surface area contributed by atoms with Crippen molar-refractivity contribution in [1.82, 2.24) is 0 Å². The van der Waals surface area contributed by atoms with Crippen LogP contribution in [0.1, 0.15) is 48.0 Å². The third kappa shape index (κ3) is 9.64. The smallest absolute Gasteiger partial charge is 0.148 e. The van der Waals surface area contributed by atoms with Crippen LogP contribution in [0.15, 0.2) is 0 Å². The highest BCUT2D eigenvalue weighted by Gasteiger charge is 2.03. The van der Waals surface area contributed by atoms with Crippen LogP contribution in [-0.2, 0) is 0 Å². The molecule has 0 aliphatic rings. The summed E-state index contributed by atoms with van der Waals surface area (Å²) in [6.07, 6.45) is 1.23. The average Bonchev–Trinajstić information content (AvgIpc) is 2.20. The highest BCUT2D eigenvalue weighted by atomic mass is 15.0. The van der Waals surface area contributed by atoms with E-state index < -0.39 is 0 Å². The molecule has 0 aliphatic carbocycles. The molecule has 0 unspecified atom stereocenters. The van der Waals surface area contributed by atoms with Gasteiger partial charge in [0, 0.05) is 27.7 Å². The maximum Gasteiger partial charge on any atom is 0.148 e. The Hall–Kier alpha value is -0.660. The first-order valence-electron chi connectivity index (χ1n) is 5.97. The van der Waals surface area contributed by atoms with E-state index in [1.165, 1.54) is 17.8 Å². The first kappa shape index (κ1) is 16.8. The molecule has 0 saturated heterocycles. The monoisotopic (exact) mass is 214 g/mol. The van der Waals surface area contributed by atoms with Crippen LogP contribution in [0.3, 0.4) is 0 Å². The van der Waals surface area contributed by atoms with Crippen LogP contribution in [-0.4, -0.2) is 47.8 Å². The van der Waals surface area contributed by atoms with Gasteiger partial charge in [0.25, 0.3) is 0 Å². The molecular formula is C13H30N2+2. The Morgan fingerprint density at radius 1 is 0.733 bits per heavy atom. The number of hydrogen-bond donors (Lipinski definition) is 0. The van der Waals surface area contributed by atoms with E-state index in [9.17, 15) is 0 Å². The number of rotatable bonds is 4. The van der Waals surface area contributed by atoms with Crippen molar-refractivity contribution >= 4 is 11.4 Å². The fourth-order valence-corrected chi connectivity index (χ4v) is 0.992. The molecule has 90 valence electrons. The van der Waals surface area contributed by atoms with Gasteiger partial charge in [-0.3, -0.25) is 0 Å². The lowest BCUT2D eigenvalue weighted by Crippen LogP contribution is -2.19. The van der Waals surface area contributed by atoms with E-state index in [-0.39, 0.29) is 0 Å². The second-order valence-electron chi connectivity index (χ2n) is 4.09. The van der Waals surface area contributed by atoms with Crippen molar-refractivity contribution in [3.8, 4) is 0 Å². The molecule has 0 spiro atoms. The Morgan fingerprint density at radius 2 is 1.00 bits per heavy atom. The molecule has 0 fully saturated rings. The van der Waals surface area contributed by atoms with Gasteiger partial charge >= 0.3 is 0 Å². The summed E-state index contributed by atoms with van der Waals surface area (Å²) in [6.45, 7) is 14.9. The molecule has 0 bridgehead atoms. The first-order valence-corrected chi connectivity index (χ1v) is 5.97. The highest BCUT2D eigenvalue weighted by molar-refractivity contribution is 5.74. The lowest BCUT2D eigenvalue weighted by Gasteiger charge is -2.00. The van der Waals surface area contributed by atoms with E-state index in [1.54, 1.807) is 0 Å². The maximum atomic E-state index is 2.30. The molecule has 0 amide bonds. The summed E-state index contributed by atoms with van der Waals surface area (Å²) in [5.41, 5.74) is 2.78. The summed E-state index contributed by atoms with van der Waals surface area (Å²) >= 11 is 0. The van der Waals surface area contributed by atoms with E-state index in [0.717, 1.165) is 13.1 Å². The summed E-state index contributed by atoms with van der Waals surface area (Å²) in [6, 6.07) is 0. The van der Waals surface area contributed by atoms with Gasteiger partial charge in [-0.05, 0) is 0 Å². The van der Waals surface area contributed by atoms with Crippen molar-refractivity contribution in [2.24, 2.45) is 0 Å². The zero-order valence-corrected chi connectivity index (χ0v) is 12.0. The summed E-state index contributed by atoms with van der Waals surface area (Å²) in [5.74, 6) is 0. The third-order valence-electron chi connectivity index (χ3n) is 2.51. The summed E-state index contributed by atoms with van der Waals surface area (Å²) in [5, 5.41) is 0. The maximum absolute atomic E-state index is 2.30. The number of nitrogens with zero attached hydrogens (tertiary/aromatic N) is 2. The van der Waals surface area contributed by atoms with Gasteiger partial charge in [-0.1, -0.05) is 13.8 Å². The molecule has 2 heteroatoms. The summed E-state index contributed by atoms with van der Waals surface area (Å²) in [4.78, 5) is 0. The third-order valence-corrected chi connectivity index (χ3v) is 2.51. The zero-order valence-electron chi connectivity index (χ0n) is 12.0. The molecule has 0 radical (unpaired) electrons. The van der Waals surface area contributed by atoms with Gasteiger partial charge in [0.05, 0.1) is 6.42 Å². The molecule has 0 heterocycles. The minimum absolute atomic E-state index is 1.15. The SMILES string of the molecule is CC.CC(C)=[N+](C)CCC[N+](C)=C(C)C. The predicted molar refractivity (Wildman–Crippen MR) is 70.8 cm³/mol. The van der Waals surface area contributed by atoms with Crippen LogP contribution in [0.25, 0.3) is 0 Å². The Kier molecular flexibility index (Phi) is 11.0. The molecule has 15 heavy (non-hydrogen) atoms. The van der Waals surface area contributed by atoms with E-state index >= 15 is 0 Å². The Bertz CT molecular complexity index is 193. The fraction of sp³-hybridized carbons (Fsp3) is 0.846. The molecule has 0 rings (SSSR count). The van der Waals surface area contributed by atoms with Gasteiger partial charge in [0.1, 0.15) is 38.6 Å². The topological polar surface area (TPSA) is 6.02 Å². The van der Waals surface area contributed by atoms with E-state index in [0.29, 0.717) is 0 Å². The molecular weight excluding hydrogens is 184 g/mol. The average molecular weight is 214 g/mol. The Morgan fingerprint density at radius 3 is 1.20 bits per heavy atom. The molecule has 0 N–H and O–H groups in total. The van der Waals surface area contributed by atoms with Crippen molar-refractivity contribution in [2.45, 2.75) is 48.0 Å². The second kappa shape index (κ2) is 9.88. The molecule has 0 atom stereocenters. The van der Waals surface area contributed by atoms with Gasteiger partial charge < -0.3 is 0 Å². The van der Waals surface area contributed by atoms with Crippen LogP contribution in [0, 0.1) is 0 Å². The van der Waals surface area contributed by atoms with Crippen molar-refractivity contribution < 1.29 is 9.15 Å². The highest BCUT2D eigenvalue weighted by Crippen LogP contribution is 1.85. The van der Waals surface area contributed by atoms with Gasteiger partial charge in [-0.25, -0.2) is 9.15 Å². The molecule has 0 saturated carbocycles. The standard InChI is InChI=1S/C11H24N2.C2H6/c1-10(2)12(5)8-7-9-13(6)11(3)4;1-2/h7-9H2,1-6H3;1-2H3/q+2;. The number of hydrogen-bond acceptors (Lipinski definition) is 0. The van der Waals surface area contributed by atoms with Crippen molar-refractivity contribution in [1.29, 1.82) is 0 Å². The largest absolute Gasteiger partial charge is 0.240 e. The minimum Gasteiger partial charge on any atom is -0.240 e. The van der Waals surface area contributed by atoms with Crippen LogP contribution < -0.4 is 0 Å². The molecule has 2 nitrogen and oxygen atoms in total. The van der Waals surface area contributed by atoms with Crippen LogP contribution >= 0.6 is 0 Å². The van der Waals surface area contributed by atoms with Gasteiger partial charge in [0.15, 0.2) is 0 Å². The van der Waals surface area contributed by atoms with Gasteiger partial charge in [0.2, 0.25) is 0 Å². The van der Waals surface area contributed by atoms with E-state index in [2.05, 4.69) is 50.9 Å². The zero-order chi connectivity index (χ0) is 12.4. The quantitative estimate of drug-likeness (QED) is 0.501. The first-order chi connectivity index (χ1) is 6.95. The van der Waals surface area contributed by atoms with Crippen LogP contribution in [0.5, 0.6) is 0 Å². The normalized spacial score (nSPS) is 8.80. The van der Waals surface area contributed by atoms with Gasteiger partial charge in [-0.15, -0.1) is 0 Å². The van der Waals surface area contributed by atoms with Crippen LogP contribution in [0.4, 0.5) is 0 Å². The minimum atomic E-state index is 1.15. The van der Waals surface area contributed by atoms with Crippen molar-refractivity contribution in [3.63, 3.8) is 0 Å². The molecule has 0 aromatic carbocycles. The van der Waals surface area contributed by atoms with Crippen molar-refractivity contribution in [2.75, 3.05) is 27.2 Å². The Labute approximate surface area is 96.3 Å². The van der Waals surface area contributed by atoms with E-state index in [4.69, 9.17) is 0 Å². The Balaban J connectivity index is 0. The molecule has 0 aromatic heterocycles. The second-order valence-corrected chi connectivity index (χ2v) is 4.09.